The van der Waals surface area contributed by atoms with Gasteiger partial charge in [-0.2, -0.15) is 0 Å². The van der Waals surface area contributed by atoms with Gasteiger partial charge in [-0.15, -0.1) is 0 Å². The highest BCUT2D eigenvalue weighted by atomic mass is 35.5. The van der Waals surface area contributed by atoms with Crippen molar-refractivity contribution < 1.29 is 9.47 Å². The number of rotatable bonds is 6. The smallest absolute Gasteiger partial charge is 0.148 e. The van der Waals surface area contributed by atoms with Crippen LogP contribution in [0.1, 0.15) is 11.4 Å². The Kier molecular flexibility index (Phi) is 5.42. The first-order valence-corrected chi connectivity index (χ1v) is 9.54. The molecule has 0 aliphatic heterocycles. The van der Waals surface area contributed by atoms with E-state index in [4.69, 9.17) is 37.7 Å². The van der Waals surface area contributed by atoms with Crippen LogP contribution in [0, 0.1) is 0 Å². The normalized spacial score (nSPS) is 11.0. The van der Waals surface area contributed by atoms with Crippen LogP contribution in [0.15, 0.2) is 66.7 Å². The molecule has 3 aromatic carbocycles. The van der Waals surface area contributed by atoms with Crippen molar-refractivity contribution in [3.05, 3.63) is 88.2 Å². The Morgan fingerprint density at radius 2 is 1.68 bits per heavy atom. The van der Waals surface area contributed by atoms with Crippen molar-refractivity contribution in [2.75, 3.05) is 7.11 Å². The molecule has 0 N–H and O–H groups in total. The number of aromatic nitrogens is 2. The van der Waals surface area contributed by atoms with Crippen molar-refractivity contribution in [1.29, 1.82) is 0 Å². The van der Waals surface area contributed by atoms with E-state index in [-0.39, 0.29) is 0 Å². The van der Waals surface area contributed by atoms with E-state index in [1.54, 1.807) is 13.2 Å². The van der Waals surface area contributed by atoms with Gasteiger partial charge in [-0.1, -0.05) is 41.4 Å². The van der Waals surface area contributed by atoms with E-state index in [1.807, 2.05) is 60.7 Å². The first kappa shape index (κ1) is 18.7. The zero-order valence-electron chi connectivity index (χ0n) is 15.2. The van der Waals surface area contributed by atoms with Crippen LogP contribution in [-0.4, -0.2) is 16.7 Å². The summed E-state index contributed by atoms with van der Waals surface area (Å²) >= 11 is 12.4. The lowest BCUT2D eigenvalue weighted by Gasteiger charge is -2.12. The van der Waals surface area contributed by atoms with Crippen LogP contribution in [0.5, 0.6) is 11.5 Å². The van der Waals surface area contributed by atoms with Crippen LogP contribution < -0.4 is 9.47 Å². The van der Waals surface area contributed by atoms with Gasteiger partial charge in [-0.3, -0.25) is 0 Å². The molecule has 0 aliphatic carbocycles. The monoisotopic (exact) mass is 412 g/mol. The van der Waals surface area contributed by atoms with Crippen molar-refractivity contribution in [2.24, 2.45) is 0 Å². The number of benzene rings is 3. The predicted molar refractivity (Wildman–Crippen MR) is 113 cm³/mol. The van der Waals surface area contributed by atoms with Crippen LogP contribution in [0.25, 0.3) is 11.0 Å². The minimum Gasteiger partial charge on any atom is -0.497 e. The van der Waals surface area contributed by atoms with E-state index in [0.29, 0.717) is 23.2 Å². The minimum absolute atomic E-state index is 0.340. The Balaban J connectivity index is 1.64. The first-order valence-electron chi connectivity index (χ1n) is 8.79. The summed E-state index contributed by atoms with van der Waals surface area (Å²) in [5, 5.41) is 1.25. The molecular formula is C22H18Cl2N2O2. The van der Waals surface area contributed by atoms with Gasteiger partial charge in [0.2, 0.25) is 0 Å². The van der Waals surface area contributed by atoms with Crippen LogP contribution in [0.3, 0.4) is 0 Å². The Bertz CT molecular complexity index is 1110. The van der Waals surface area contributed by atoms with Crippen LogP contribution in [-0.2, 0) is 13.2 Å². The Hall–Kier alpha value is -2.69. The molecule has 0 fully saturated rings. The molecule has 1 heterocycles. The fourth-order valence-electron chi connectivity index (χ4n) is 3.05. The maximum atomic E-state index is 6.39. The molecule has 0 unspecified atom stereocenters. The zero-order valence-corrected chi connectivity index (χ0v) is 16.7. The molecule has 142 valence electrons. The fourth-order valence-corrected chi connectivity index (χ4v) is 3.52. The molecule has 0 radical (unpaired) electrons. The lowest BCUT2D eigenvalue weighted by atomic mass is 10.2. The summed E-state index contributed by atoms with van der Waals surface area (Å²) in [5.41, 5.74) is 2.92. The quantitative estimate of drug-likeness (QED) is 0.390. The maximum Gasteiger partial charge on any atom is 0.148 e. The van der Waals surface area contributed by atoms with Crippen LogP contribution in [0.2, 0.25) is 10.0 Å². The lowest BCUT2D eigenvalue weighted by Crippen LogP contribution is -2.08. The molecule has 0 saturated carbocycles. The molecule has 0 saturated heterocycles. The Morgan fingerprint density at radius 3 is 2.43 bits per heavy atom. The number of fused-ring (bicyclic) bond motifs is 1. The van der Waals surface area contributed by atoms with E-state index < -0.39 is 0 Å². The minimum atomic E-state index is 0.340. The van der Waals surface area contributed by atoms with Gasteiger partial charge in [0.05, 0.1) is 24.7 Å². The van der Waals surface area contributed by atoms with Crippen molar-refractivity contribution in [1.82, 2.24) is 9.55 Å². The number of imidazole rings is 1. The summed E-state index contributed by atoms with van der Waals surface area (Å²) in [7, 11) is 1.64. The summed E-state index contributed by atoms with van der Waals surface area (Å²) in [6.07, 6.45) is 0. The van der Waals surface area contributed by atoms with Crippen molar-refractivity contribution in [3.63, 3.8) is 0 Å². The number of nitrogens with zero attached hydrogens (tertiary/aromatic N) is 2. The first-order chi connectivity index (χ1) is 13.6. The molecule has 0 bridgehead atoms. The van der Waals surface area contributed by atoms with Crippen molar-refractivity contribution in [2.45, 2.75) is 13.2 Å². The molecule has 4 nitrogen and oxygen atoms in total. The molecule has 0 atom stereocenters. The molecule has 28 heavy (non-hydrogen) atoms. The third-order valence-corrected chi connectivity index (χ3v) is 5.09. The molecule has 4 aromatic rings. The third kappa shape index (κ3) is 3.93. The predicted octanol–water partition coefficient (Wildman–Crippen LogP) is 5.98. The second kappa shape index (κ2) is 8.13. The van der Waals surface area contributed by atoms with Gasteiger partial charge >= 0.3 is 0 Å². The highest BCUT2D eigenvalue weighted by Gasteiger charge is 2.13. The molecule has 0 aliphatic rings. The number of hydrogen-bond acceptors (Lipinski definition) is 3. The topological polar surface area (TPSA) is 36.3 Å². The van der Waals surface area contributed by atoms with E-state index in [0.717, 1.165) is 33.9 Å². The van der Waals surface area contributed by atoms with Gasteiger partial charge in [0.15, 0.2) is 0 Å². The van der Waals surface area contributed by atoms with Gasteiger partial charge in [-0.25, -0.2) is 4.98 Å². The molecule has 0 spiro atoms. The number of para-hydroxylation sites is 2. The number of methoxy groups -OCH3 is 1. The summed E-state index contributed by atoms with van der Waals surface area (Å²) < 4.78 is 13.3. The van der Waals surface area contributed by atoms with E-state index >= 15 is 0 Å². The second-order valence-corrected chi connectivity index (χ2v) is 7.15. The zero-order chi connectivity index (χ0) is 19.5. The molecule has 6 heteroatoms. The van der Waals surface area contributed by atoms with Gasteiger partial charge in [0, 0.05) is 10.0 Å². The standard InChI is InChI=1S/C22H18Cl2N2O2/c1-27-17-8-10-18(11-9-17)28-14-22-25-20-4-2-3-5-21(20)26(22)13-15-6-7-16(23)12-19(15)24/h2-12H,13-14H2,1H3. The van der Waals surface area contributed by atoms with Gasteiger partial charge in [0.1, 0.15) is 23.9 Å². The van der Waals surface area contributed by atoms with Crippen molar-refractivity contribution in [3.8, 4) is 11.5 Å². The number of halogens is 2. The second-order valence-electron chi connectivity index (χ2n) is 6.30. The lowest BCUT2D eigenvalue weighted by molar-refractivity contribution is 0.290. The van der Waals surface area contributed by atoms with Crippen LogP contribution >= 0.6 is 23.2 Å². The number of ether oxygens (including phenoxy) is 2. The average molecular weight is 413 g/mol. The molecule has 0 amide bonds. The van der Waals surface area contributed by atoms with Gasteiger partial charge in [-0.05, 0) is 54.1 Å². The highest BCUT2D eigenvalue weighted by molar-refractivity contribution is 6.35. The van der Waals surface area contributed by atoms with Gasteiger partial charge < -0.3 is 14.0 Å². The largest absolute Gasteiger partial charge is 0.497 e. The summed E-state index contributed by atoms with van der Waals surface area (Å²) in [6.45, 7) is 0.921. The SMILES string of the molecule is COc1ccc(OCc2nc3ccccc3n2Cc2ccc(Cl)cc2Cl)cc1. The Morgan fingerprint density at radius 1 is 0.929 bits per heavy atom. The maximum absolute atomic E-state index is 6.39. The summed E-state index contributed by atoms with van der Waals surface area (Å²) in [6, 6.07) is 21.0. The average Bonchev–Trinajstić information content (AvgIpc) is 3.06. The van der Waals surface area contributed by atoms with E-state index in [2.05, 4.69) is 4.57 Å². The van der Waals surface area contributed by atoms with Crippen molar-refractivity contribution >= 4 is 34.2 Å². The van der Waals surface area contributed by atoms with E-state index in [9.17, 15) is 0 Å². The molecule has 4 rings (SSSR count). The third-order valence-electron chi connectivity index (χ3n) is 4.50. The van der Waals surface area contributed by atoms with Gasteiger partial charge in [0.25, 0.3) is 0 Å². The molecular weight excluding hydrogens is 395 g/mol. The molecule has 1 aromatic heterocycles. The number of hydrogen-bond donors (Lipinski definition) is 0. The fraction of sp³-hybridized carbons (Fsp3) is 0.136. The highest BCUT2D eigenvalue weighted by Crippen LogP contribution is 2.25. The van der Waals surface area contributed by atoms with E-state index in [1.165, 1.54) is 0 Å². The summed E-state index contributed by atoms with van der Waals surface area (Å²) in [5.74, 6) is 2.36. The van der Waals surface area contributed by atoms with Crippen LogP contribution in [0.4, 0.5) is 0 Å². The Labute approximate surface area is 173 Å². The summed E-state index contributed by atoms with van der Waals surface area (Å²) in [4.78, 5) is 4.75.